The van der Waals surface area contributed by atoms with Crippen molar-refractivity contribution in [1.29, 1.82) is 0 Å². The molecule has 40 heavy (non-hydrogen) atoms. The van der Waals surface area contributed by atoms with Gasteiger partial charge in [-0.2, -0.15) is 4.98 Å². The molecular weight excluding hydrogens is 498 g/mol. The Morgan fingerprint density at radius 2 is 1.62 bits per heavy atom. The average molecular weight is 554 g/mol. The van der Waals surface area contributed by atoms with Gasteiger partial charge in [0.2, 0.25) is 11.9 Å². The molecular formula is C32H55N7O. The number of anilines is 2. The Balaban J connectivity index is 1.22. The van der Waals surface area contributed by atoms with Gasteiger partial charge in [-0.3, -0.25) is 9.69 Å². The van der Waals surface area contributed by atoms with E-state index in [2.05, 4.69) is 50.2 Å². The number of aromatic nitrogens is 2. The van der Waals surface area contributed by atoms with E-state index >= 15 is 0 Å². The third-order valence-electron chi connectivity index (χ3n) is 10.1. The maximum atomic E-state index is 13.1. The Labute approximate surface area is 243 Å². The number of hydrogen-bond acceptors (Lipinski definition) is 7. The molecule has 0 spiro atoms. The van der Waals surface area contributed by atoms with Gasteiger partial charge in [0.25, 0.3) is 0 Å². The Morgan fingerprint density at radius 3 is 2.35 bits per heavy atom. The number of carbonyl (C=O) groups excluding carboxylic acids is 1. The van der Waals surface area contributed by atoms with Crippen LogP contribution in [0.1, 0.15) is 104 Å². The maximum Gasteiger partial charge on any atom is 0.224 e. The molecule has 4 aliphatic rings. The van der Waals surface area contributed by atoms with Crippen LogP contribution < -0.4 is 15.5 Å². The number of piperidine rings is 2. The van der Waals surface area contributed by atoms with Crippen LogP contribution in [0.5, 0.6) is 0 Å². The Bertz CT molecular complexity index is 904. The molecule has 4 fully saturated rings. The van der Waals surface area contributed by atoms with E-state index < -0.39 is 0 Å². The van der Waals surface area contributed by atoms with E-state index in [-0.39, 0.29) is 11.8 Å². The summed E-state index contributed by atoms with van der Waals surface area (Å²) in [4.78, 5) is 30.5. The standard InChI is InChI=1S/C32H55N7O/c1-25(2)37-23-16-26(17-24-37)31(40)33-18-14-29-28(13-10-22-39(29)27-11-6-5-7-12-27)35-32-34-19-15-30(36-32)38-20-8-3-4-9-21-38/h15,19,25-29H,3-14,16-18,20-24H2,1-2H3,(H,33,40)(H,34,35,36)/t28-,29+/m0/s1. The zero-order valence-electron chi connectivity index (χ0n) is 25.3. The summed E-state index contributed by atoms with van der Waals surface area (Å²) in [5.41, 5.74) is 0. The molecule has 8 heteroatoms. The highest BCUT2D eigenvalue weighted by atomic mass is 16.1. The molecule has 8 nitrogen and oxygen atoms in total. The number of nitrogens with zero attached hydrogens (tertiary/aromatic N) is 5. The van der Waals surface area contributed by atoms with Crippen LogP contribution >= 0.6 is 0 Å². The van der Waals surface area contributed by atoms with Gasteiger partial charge in [0.15, 0.2) is 0 Å². The van der Waals surface area contributed by atoms with E-state index in [1.54, 1.807) is 0 Å². The molecule has 1 aliphatic carbocycles. The molecule has 0 bridgehead atoms. The lowest BCUT2D eigenvalue weighted by atomic mass is 9.87. The van der Waals surface area contributed by atoms with Gasteiger partial charge in [-0.1, -0.05) is 32.1 Å². The minimum absolute atomic E-state index is 0.167. The Morgan fingerprint density at radius 1 is 0.900 bits per heavy atom. The van der Waals surface area contributed by atoms with Crippen LogP contribution in [-0.2, 0) is 4.79 Å². The van der Waals surface area contributed by atoms with Gasteiger partial charge >= 0.3 is 0 Å². The topological polar surface area (TPSA) is 76.6 Å². The van der Waals surface area contributed by atoms with Crippen molar-refractivity contribution in [2.24, 2.45) is 5.92 Å². The third kappa shape index (κ3) is 7.87. The number of amides is 1. The molecule has 0 aromatic carbocycles. The first-order chi connectivity index (χ1) is 19.6. The molecule has 0 radical (unpaired) electrons. The number of carbonyl (C=O) groups is 1. The SMILES string of the molecule is CC(C)N1CCC(C(=O)NCC[C@@H]2[C@@H](Nc3nccc(N4CCCCCC4)n3)CCCN2C2CCCCC2)CC1. The van der Waals surface area contributed by atoms with Gasteiger partial charge in [0, 0.05) is 55.9 Å². The Hall–Kier alpha value is -1.93. The maximum absolute atomic E-state index is 13.1. The fourth-order valence-electron chi connectivity index (χ4n) is 7.71. The highest BCUT2D eigenvalue weighted by Gasteiger charge is 2.36. The van der Waals surface area contributed by atoms with E-state index in [4.69, 9.17) is 4.98 Å². The molecule has 1 amide bonds. The minimum Gasteiger partial charge on any atom is -0.356 e. The van der Waals surface area contributed by atoms with Crippen molar-refractivity contribution in [3.05, 3.63) is 12.3 Å². The first-order valence-electron chi connectivity index (χ1n) is 16.7. The van der Waals surface area contributed by atoms with Gasteiger partial charge in [-0.05, 0) is 97.3 Å². The van der Waals surface area contributed by atoms with E-state index in [1.807, 2.05) is 6.20 Å². The summed E-state index contributed by atoms with van der Waals surface area (Å²) < 4.78 is 0. The molecule has 1 aromatic heterocycles. The first-order valence-corrected chi connectivity index (χ1v) is 16.7. The monoisotopic (exact) mass is 553 g/mol. The number of hydrogen-bond donors (Lipinski definition) is 2. The molecule has 4 heterocycles. The number of nitrogens with one attached hydrogen (secondary N) is 2. The van der Waals surface area contributed by atoms with Crippen molar-refractivity contribution < 1.29 is 4.79 Å². The fraction of sp³-hybridized carbons (Fsp3) is 0.844. The smallest absolute Gasteiger partial charge is 0.224 e. The van der Waals surface area contributed by atoms with Gasteiger partial charge < -0.3 is 20.4 Å². The minimum atomic E-state index is 0.167. The molecule has 5 rings (SSSR count). The summed E-state index contributed by atoms with van der Waals surface area (Å²) in [6, 6.07) is 4.01. The molecule has 3 saturated heterocycles. The van der Waals surface area contributed by atoms with Crippen LogP contribution in [0.4, 0.5) is 11.8 Å². The van der Waals surface area contributed by atoms with Crippen LogP contribution in [0.3, 0.4) is 0 Å². The second-order valence-electron chi connectivity index (χ2n) is 13.1. The van der Waals surface area contributed by atoms with E-state index in [0.29, 0.717) is 24.2 Å². The largest absolute Gasteiger partial charge is 0.356 e. The molecule has 3 aliphatic heterocycles. The van der Waals surface area contributed by atoms with Gasteiger partial charge in [0.1, 0.15) is 5.82 Å². The lowest BCUT2D eigenvalue weighted by Crippen LogP contribution is -2.56. The summed E-state index contributed by atoms with van der Waals surface area (Å²) in [5, 5.41) is 7.16. The molecule has 1 aromatic rings. The van der Waals surface area contributed by atoms with Crippen LogP contribution in [0.15, 0.2) is 12.3 Å². The number of likely N-dealkylation sites (tertiary alicyclic amines) is 2. The number of rotatable bonds is 9. The fourth-order valence-corrected chi connectivity index (χ4v) is 7.71. The molecule has 224 valence electrons. The Kier molecular flexibility index (Phi) is 10.9. The second-order valence-corrected chi connectivity index (χ2v) is 13.1. The summed E-state index contributed by atoms with van der Waals surface area (Å²) in [7, 11) is 0. The quantitative estimate of drug-likeness (QED) is 0.443. The van der Waals surface area contributed by atoms with E-state index in [1.165, 1.54) is 70.8 Å². The molecule has 2 atom stereocenters. The normalized spacial score (nSPS) is 26.5. The summed E-state index contributed by atoms with van der Waals surface area (Å²) in [5.74, 6) is 2.26. The van der Waals surface area contributed by atoms with Gasteiger partial charge in [0.05, 0.1) is 0 Å². The van der Waals surface area contributed by atoms with Crippen molar-refractivity contribution in [1.82, 2.24) is 25.1 Å². The highest BCUT2D eigenvalue weighted by Crippen LogP contribution is 2.31. The summed E-state index contributed by atoms with van der Waals surface area (Å²) in [6.07, 6.45) is 19.0. The van der Waals surface area contributed by atoms with Crippen LogP contribution in [-0.4, -0.2) is 89.1 Å². The predicted molar refractivity (Wildman–Crippen MR) is 164 cm³/mol. The molecule has 2 N–H and O–H groups in total. The zero-order chi connectivity index (χ0) is 27.7. The molecule has 0 unspecified atom stereocenters. The van der Waals surface area contributed by atoms with Crippen LogP contribution in [0.2, 0.25) is 0 Å². The van der Waals surface area contributed by atoms with Crippen molar-refractivity contribution >= 4 is 17.7 Å². The van der Waals surface area contributed by atoms with Crippen molar-refractivity contribution in [3.63, 3.8) is 0 Å². The van der Waals surface area contributed by atoms with Crippen molar-refractivity contribution in [2.75, 3.05) is 49.5 Å². The third-order valence-corrected chi connectivity index (χ3v) is 10.1. The lowest BCUT2D eigenvalue weighted by molar-refractivity contribution is -0.126. The predicted octanol–water partition coefficient (Wildman–Crippen LogP) is 5.06. The first kappa shape index (κ1) is 29.6. The van der Waals surface area contributed by atoms with Crippen LogP contribution in [0, 0.1) is 5.92 Å². The highest BCUT2D eigenvalue weighted by molar-refractivity contribution is 5.78. The van der Waals surface area contributed by atoms with Crippen LogP contribution in [0.25, 0.3) is 0 Å². The average Bonchev–Trinajstić information content (AvgIpc) is 3.28. The molecule has 1 saturated carbocycles. The summed E-state index contributed by atoms with van der Waals surface area (Å²) in [6.45, 7) is 10.7. The summed E-state index contributed by atoms with van der Waals surface area (Å²) >= 11 is 0. The zero-order valence-corrected chi connectivity index (χ0v) is 25.3. The van der Waals surface area contributed by atoms with E-state index in [0.717, 1.165) is 70.2 Å². The van der Waals surface area contributed by atoms with Crippen molar-refractivity contribution in [3.8, 4) is 0 Å². The second kappa shape index (κ2) is 14.8. The lowest BCUT2D eigenvalue weighted by Gasteiger charge is -2.47. The van der Waals surface area contributed by atoms with E-state index in [9.17, 15) is 4.79 Å². The van der Waals surface area contributed by atoms with Gasteiger partial charge in [-0.25, -0.2) is 4.98 Å². The van der Waals surface area contributed by atoms with Crippen molar-refractivity contribution in [2.45, 2.75) is 128 Å². The van der Waals surface area contributed by atoms with Gasteiger partial charge in [-0.15, -0.1) is 0 Å².